The van der Waals surface area contributed by atoms with Crippen LogP contribution in [-0.4, -0.2) is 68.6 Å². The van der Waals surface area contributed by atoms with Gasteiger partial charge in [-0.3, -0.25) is 4.79 Å². The van der Waals surface area contributed by atoms with E-state index >= 15 is 0 Å². The number of carboxylic acid groups (broad SMARTS) is 1. The highest BCUT2D eigenvalue weighted by Crippen LogP contribution is 2.12. The van der Waals surface area contributed by atoms with Crippen molar-refractivity contribution in [2.24, 2.45) is 0 Å². The van der Waals surface area contributed by atoms with E-state index in [0.717, 1.165) is 62.6 Å². The van der Waals surface area contributed by atoms with Crippen LogP contribution in [0.25, 0.3) is 0 Å². The highest BCUT2D eigenvalue weighted by atomic mass is 16.5. The van der Waals surface area contributed by atoms with E-state index in [-0.39, 0.29) is 23.8 Å². The fourth-order valence-electron chi connectivity index (χ4n) is 3.45. The summed E-state index contributed by atoms with van der Waals surface area (Å²) in [6.07, 6.45) is 7.81. The second kappa shape index (κ2) is 25.0. The molecule has 0 saturated carbocycles. The maximum Gasteiger partial charge on any atom is 0.335 e. The van der Waals surface area contributed by atoms with Gasteiger partial charge in [0, 0.05) is 38.6 Å². The van der Waals surface area contributed by atoms with E-state index in [1.807, 2.05) is 27.9 Å². The van der Waals surface area contributed by atoms with Crippen molar-refractivity contribution in [2.75, 3.05) is 33.7 Å². The number of esters is 1. The molecule has 0 fully saturated rings. The second-order valence-electron chi connectivity index (χ2n) is 9.68. The first-order chi connectivity index (χ1) is 18.9. The third kappa shape index (κ3) is 22.9. The first kappa shape index (κ1) is 39.1. The lowest BCUT2D eigenvalue weighted by atomic mass is 10.0. The summed E-state index contributed by atoms with van der Waals surface area (Å²) in [5.41, 5.74) is 3.02. The van der Waals surface area contributed by atoms with Crippen molar-refractivity contribution in [1.29, 1.82) is 0 Å². The normalized spacial score (nSPS) is 10.0. The van der Waals surface area contributed by atoms with Gasteiger partial charge >= 0.3 is 11.9 Å². The van der Waals surface area contributed by atoms with E-state index in [0.29, 0.717) is 30.6 Å². The van der Waals surface area contributed by atoms with Gasteiger partial charge in [-0.1, -0.05) is 45.8 Å². The molecule has 9 heteroatoms. The third-order valence-electron chi connectivity index (χ3n) is 5.68. The fourth-order valence-corrected chi connectivity index (χ4v) is 3.45. The van der Waals surface area contributed by atoms with Gasteiger partial charge in [0.1, 0.15) is 11.9 Å². The van der Waals surface area contributed by atoms with Crippen LogP contribution < -0.4 is 16.0 Å². The quantitative estimate of drug-likeness (QED) is 0.124. The van der Waals surface area contributed by atoms with Gasteiger partial charge in [-0.25, -0.2) is 9.59 Å². The number of carboxylic acids is 1. The van der Waals surface area contributed by atoms with Crippen molar-refractivity contribution in [3.8, 4) is 0 Å². The van der Waals surface area contributed by atoms with Crippen LogP contribution in [0.5, 0.6) is 0 Å². The summed E-state index contributed by atoms with van der Waals surface area (Å²) in [5.74, 6) is -0.856. The molecule has 9 nitrogen and oxygen atoms in total. The number of carbonyl (C=O) groups is 4. The molecular weight excluding hydrogens is 510 g/mol. The smallest absolute Gasteiger partial charge is 0.335 e. The Morgan fingerprint density at radius 1 is 0.850 bits per heavy atom. The zero-order valence-corrected chi connectivity index (χ0v) is 25.8. The largest absolute Gasteiger partial charge is 0.478 e. The number of aromatic carboxylic acids is 1. The van der Waals surface area contributed by atoms with Crippen molar-refractivity contribution in [3.05, 3.63) is 47.0 Å². The first-order valence-electron chi connectivity index (χ1n) is 14.2. The van der Waals surface area contributed by atoms with Gasteiger partial charge < -0.3 is 30.6 Å². The van der Waals surface area contributed by atoms with Crippen LogP contribution in [-0.2, 0) is 32.0 Å². The Balaban J connectivity index is 0. The molecule has 0 radical (unpaired) electrons. The highest BCUT2D eigenvalue weighted by molar-refractivity contribution is 5.88. The van der Waals surface area contributed by atoms with E-state index < -0.39 is 5.97 Å². The zero-order chi connectivity index (χ0) is 30.9. The number of amides is 1. The summed E-state index contributed by atoms with van der Waals surface area (Å²) in [6, 6.07) is 5.54. The predicted octanol–water partition coefficient (Wildman–Crippen LogP) is 4.47. The van der Waals surface area contributed by atoms with Gasteiger partial charge in [0.15, 0.2) is 0 Å². The number of ether oxygens (including phenoxy) is 1. The number of likely N-dealkylation sites (N-methyl/N-ethyl adjacent to an activating group) is 2. The molecule has 0 aliphatic rings. The monoisotopic (exact) mass is 563 g/mol. The number of aryl methyl sites for hydroxylation is 2. The number of hydrogen-bond donors (Lipinski definition) is 4. The van der Waals surface area contributed by atoms with Gasteiger partial charge in [-0.2, -0.15) is 0 Å². The predicted molar refractivity (Wildman–Crippen MR) is 162 cm³/mol. The Kier molecular flexibility index (Phi) is 24.4. The van der Waals surface area contributed by atoms with Crippen molar-refractivity contribution in [2.45, 2.75) is 92.1 Å². The number of unbranched alkanes of at least 4 members (excludes halogenated alkanes) is 4. The Morgan fingerprint density at radius 2 is 1.35 bits per heavy atom. The minimum absolute atomic E-state index is 0.0431. The minimum Gasteiger partial charge on any atom is -0.478 e. The van der Waals surface area contributed by atoms with Crippen LogP contribution in [0, 0.1) is 0 Å². The summed E-state index contributed by atoms with van der Waals surface area (Å²) < 4.78 is 5.13. The number of ketones is 1. The Morgan fingerprint density at radius 3 is 1.75 bits per heavy atom. The molecule has 0 aromatic heterocycles. The van der Waals surface area contributed by atoms with Crippen LogP contribution in [0.3, 0.4) is 0 Å². The molecule has 1 aromatic rings. The minimum atomic E-state index is -0.843. The number of nitrogens with one attached hydrogen (secondary N) is 3. The van der Waals surface area contributed by atoms with Gasteiger partial charge in [0.2, 0.25) is 5.91 Å². The summed E-state index contributed by atoms with van der Waals surface area (Å²) in [5, 5.41) is 17.5. The van der Waals surface area contributed by atoms with E-state index in [9.17, 15) is 19.2 Å². The standard InChI is InChI=1S/C11H21NO2.C11H14O2.C9H18N2O2/c1-10(13)8-6-4-3-5-7-9-12-11(2)14;1-3-8-5-9(4-2)7-10(6-8)11(12)13;1-7(2)9(12)13-8(5-10-3)6-11-4/h3-9H2,1-2H3,(H,12,14);5-7H,3-4H2,1-2H3,(H,12,13);8,10-11H,1,5-6H2,2-4H3. The van der Waals surface area contributed by atoms with Crippen LogP contribution in [0.4, 0.5) is 0 Å². The topological polar surface area (TPSA) is 134 Å². The van der Waals surface area contributed by atoms with Gasteiger partial charge in [0.25, 0.3) is 0 Å². The lowest BCUT2D eigenvalue weighted by Crippen LogP contribution is -2.36. The highest BCUT2D eigenvalue weighted by Gasteiger charge is 2.12. The molecule has 4 N–H and O–H groups in total. The summed E-state index contributed by atoms with van der Waals surface area (Å²) in [4.78, 5) is 43.0. The number of benzene rings is 1. The number of hydrogen-bond acceptors (Lipinski definition) is 7. The summed E-state index contributed by atoms with van der Waals surface area (Å²) in [7, 11) is 3.63. The van der Waals surface area contributed by atoms with Gasteiger partial charge in [0.05, 0.1) is 5.56 Å². The molecule has 0 aliphatic carbocycles. The maximum absolute atomic E-state index is 11.1. The van der Waals surface area contributed by atoms with E-state index in [2.05, 4.69) is 28.6 Å². The van der Waals surface area contributed by atoms with Gasteiger partial charge in [-0.05, 0) is 76.9 Å². The Hall–Kier alpha value is -3.04. The molecule has 0 atom stereocenters. The van der Waals surface area contributed by atoms with Crippen molar-refractivity contribution in [1.82, 2.24) is 16.0 Å². The molecule has 1 amide bonds. The van der Waals surface area contributed by atoms with Crippen molar-refractivity contribution >= 4 is 23.6 Å². The molecule has 0 spiro atoms. The number of Topliss-reactive ketones (excluding diaryl/α,β-unsaturated/α-hetero) is 1. The van der Waals surface area contributed by atoms with Crippen molar-refractivity contribution < 1.29 is 29.0 Å². The second-order valence-corrected chi connectivity index (χ2v) is 9.68. The molecule has 228 valence electrons. The van der Waals surface area contributed by atoms with E-state index in [1.165, 1.54) is 6.92 Å². The average Bonchev–Trinajstić information content (AvgIpc) is 2.90. The van der Waals surface area contributed by atoms with Crippen LogP contribution >= 0.6 is 0 Å². The third-order valence-corrected chi connectivity index (χ3v) is 5.68. The fraction of sp³-hybridized carbons (Fsp3) is 0.613. The van der Waals surface area contributed by atoms with E-state index in [1.54, 1.807) is 26.0 Å². The molecule has 40 heavy (non-hydrogen) atoms. The average molecular weight is 564 g/mol. The molecular formula is C31H53N3O6. The lowest BCUT2D eigenvalue weighted by molar-refractivity contribution is -0.143. The number of rotatable bonds is 17. The van der Waals surface area contributed by atoms with E-state index in [4.69, 9.17) is 9.84 Å². The van der Waals surface area contributed by atoms with Crippen LogP contribution in [0.1, 0.15) is 94.6 Å². The summed E-state index contributed by atoms with van der Waals surface area (Å²) in [6.45, 7) is 14.4. The molecule has 0 heterocycles. The molecule has 1 rings (SSSR count). The Labute approximate surface area is 241 Å². The number of carbonyl (C=O) groups excluding carboxylic acids is 3. The van der Waals surface area contributed by atoms with Gasteiger partial charge in [-0.15, -0.1) is 0 Å². The first-order valence-corrected chi connectivity index (χ1v) is 14.2. The van der Waals surface area contributed by atoms with Crippen LogP contribution in [0.2, 0.25) is 0 Å². The summed E-state index contributed by atoms with van der Waals surface area (Å²) >= 11 is 0. The molecule has 0 unspecified atom stereocenters. The molecule has 0 bridgehead atoms. The Bertz CT molecular complexity index is 853. The zero-order valence-electron chi connectivity index (χ0n) is 25.8. The lowest BCUT2D eigenvalue weighted by Gasteiger charge is -2.16. The molecule has 1 aromatic carbocycles. The SMILES string of the molecule is C=C(C)C(=O)OC(CNC)CNC.CC(=O)CCCCCCCNC(C)=O.CCc1cc(CC)cc(C(=O)O)c1. The molecule has 0 aliphatic heterocycles. The van der Waals surface area contributed by atoms with Crippen molar-refractivity contribution in [3.63, 3.8) is 0 Å². The molecule has 0 saturated heterocycles. The maximum atomic E-state index is 11.1. The van der Waals surface area contributed by atoms with Crippen LogP contribution in [0.15, 0.2) is 30.4 Å².